The zero-order valence-electron chi connectivity index (χ0n) is 13.9. The molecule has 1 saturated carbocycles. The van der Waals surface area contributed by atoms with Crippen molar-refractivity contribution in [1.29, 1.82) is 0 Å². The minimum atomic E-state index is -1.47. The van der Waals surface area contributed by atoms with Gasteiger partial charge in [-0.15, -0.1) is 0 Å². The topological polar surface area (TPSA) is 9.23 Å². The second kappa shape index (κ2) is 6.71. The number of hydrogen-bond donors (Lipinski definition) is 0. The number of thioether (sulfide) groups is 1. The Hall–Kier alpha value is 0.107. The fourth-order valence-corrected chi connectivity index (χ4v) is 5.01. The third-order valence-corrected chi connectivity index (χ3v) is 5.66. The summed E-state index contributed by atoms with van der Waals surface area (Å²) in [5.41, 5.74) is 2.05. The van der Waals surface area contributed by atoms with Crippen molar-refractivity contribution in [2.24, 2.45) is 11.3 Å². The highest BCUT2D eigenvalue weighted by molar-refractivity contribution is 8.02. The summed E-state index contributed by atoms with van der Waals surface area (Å²) in [6.45, 7) is 16.2. The van der Waals surface area contributed by atoms with Crippen LogP contribution in [-0.4, -0.2) is 14.1 Å². The van der Waals surface area contributed by atoms with E-state index in [9.17, 15) is 0 Å². The molecule has 0 bridgehead atoms. The summed E-state index contributed by atoms with van der Waals surface area (Å²) in [7, 11) is -1.47. The molecule has 0 spiro atoms. The highest BCUT2D eigenvalue weighted by Crippen LogP contribution is 2.42. The molecule has 0 amide bonds. The Morgan fingerprint density at radius 3 is 2.11 bits per heavy atom. The summed E-state index contributed by atoms with van der Waals surface area (Å²) in [6, 6.07) is 0. The molecule has 0 unspecified atom stereocenters. The van der Waals surface area contributed by atoms with Crippen molar-refractivity contribution in [3.05, 3.63) is 10.7 Å². The van der Waals surface area contributed by atoms with Crippen LogP contribution in [0.2, 0.25) is 19.6 Å². The van der Waals surface area contributed by atoms with E-state index in [1.165, 1.54) is 30.8 Å². The molecule has 1 aliphatic rings. The third kappa shape index (κ3) is 5.95. The average molecular weight is 301 g/mol. The van der Waals surface area contributed by atoms with E-state index < -0.39 is 8.32 Å². The van der Waals surface area contributed by atoms with Gasteiger partial charge in [-0.25, -0.2) is 0 Å². The van der Waals surface area contributed by atoms with Crippen molar-refractivity contribution in [2.45, 2.75) is 73.0 Å². The third-order valence-electron chi connectivity index (χ3n) is 3.78. The monoisotopic (exact) mass is 300 g/mol. The number of allylic oxidation sites excluding steroid dienone is 1. The van der Waals surface area contributed by atoms with Gasteiger partial charge in [-0.3, -0.25) is 0 Å². The highest BCUT2D eigenvalue weighted by atomic mass is 32.2. The van der Waals surface area contributed by atoms with Crippen molar-refractivity contribution in [2.75, 3.05) is 5.75 Å². The van der Waals surface area contributed by atoms with Crippen LogP contribution >= 0.6 is 11.8 Å². The van der Waals surface area contributed by atoms with Crippen LogP contribution in [0.5, 0.6) is 0 Å². The van der Waals surface area contributed by atoms with Gasteiger partial charge in [0.25, 0.3) is 0 Å². The maximum Gasteiger partial charge on any atom is 0.242 e. The lowest BCUT2D eigenvalue weighted by atomic mass is 9.71. The number of rotatable bonds is 4. The van der Waals surface area contributed by atoms with Gasteiger partial charge in [-0.05, 0) is 68.0 Å². The fraction of sp³-hybridized carbons (Fsp3) is 0.875. The van der Waals surface area contributed by atoms with Crippen LogP contribution in [0.4, 0.5) is 0 Å². The summed E-state index contributed by atoms with van der Waals surface area (Å²) in [4.78, 5) is 0. The molecule has 0 saturated heterocycles. The van der Waals surface area contributed by atoms with Gasteiger partial charge < -0.3 is 4.43 Å². The van der Waals surface area contributed by atoms with Crippen LogP contribution in [0, 0.1) is 11.3 Å². The maximum atomic E-state index is 6.32. The van der Waals surface area contributed by atoms with Crippen molar-refractivity contribution >= 4 is 20.1 Å². The molecule has 0 aromatic carbocycles. The van der Waals surface area contributed by atoms with Gasteiger partial charge in [-0.2, -0.15) is 0 Å². The molecular formula is C16H32OSSi. The Balaban J connectivity index is 2.73. The van der Waals surface area contributed by atoms with Gasteiger partial charge in [-0.1, -0.05) is 39.5 Å². The fourth-order valence-electron chi connectivity index (χ4n) is 2.65. The van der Waals surface area contributed by atoms with E-state index in [0.29, 0.717) is 5.41 Å². The lowest BCUT2D eigenvalue weighted by molar-refractivity contribution is 0.195. The molecule has 112 valence electrons. The van der Waals surface area contributed by atoms with E-state index >= 15 is 0 Å². The molecule has 1 nitrogen and oxygen atoms in total. The Labute approximate surface area is 125 Å². The van der Waals surface area contributed by atoms with Crippen molar-refractivity contribution in [1.82, 2.24) is 0 Å². The Morgan fingerprint density at radius 1 is 1.21 bits per heavy atom. The van der Waals surface area contributed by atoms with Crippen LogP contribution in [0.3, 0.4) is 0 Å². The Kier molecular flexibility index (Phi) is 6.06. The maximum absolute atomic E-state index is 6.32. The van der Waals surface area contributed by atoms with E-state index in [1.807, 2.05) is 11.8 Å². The van der Waals surface area contributed by atoms with E-state index in [4.69, 9.17) is 4.43 Å². The molecular weight excluding hydrogens is 268 g/mol. The molecule has 3 heteroatoms. The van der Waals surface area contributed by atoms with E-state index in [2.05, 4.69) is 47.3 Å². The second-order valence-electron chi connectivity index (χ2n) is 7.68. The van der Waals surface area contributed by atoms with E-state index in [1.54, 1.807) is 5.57 Å². The lowest BCUT2D eigenvalue weighted by Gasteiger charge is -2.36. The smallest absolute Gasteiger partial charge is 0.242 e. The van der Waals surface area contributed by atoms with Crippen molar-refractivity contribution < 1.29 is 4.43 Å². The van der Waals surface area contributed by atoms with Crippen molar-refractivity contribution in [3.8, 4) is 0 Å². The van der Waals surface area contributed by atoms with Gasteiger partial charge in [0.15, 0.2) is 0 Å². The average Bonchev–Trinajstić information content (AvgIpc) is 2.26. The second-order valence-corrected chi connectivity index (χ2v) is 13.3. The minimum absolute atomic E-state index is 0.462. The van der Waals surface area contributed by atoms with Crippen molar-refractivity contribution in [3.63, 3.8) is 0 Å². The summed E-state index contributed by atoms with van der Waals surface area (Å²) in [5, 5.41) is 1.27. The number of hydrogen-bond acceptors (Lipinski definition) is 2. The van der Waals surface area contributed by atoms with E-state index in [-0.39, 0.29) is 0 Å². The van der Waals surface area contributed by atoms with Crippen LogP contribution < -0.4 is 0 Å². The van der Waals surface area contributed by atoms with Gasteiger partial charge in [0.05, 0.1) is 0 Å². The van der Waals surface area contributed by atoms with E-state index in [0.717, 1.165) is 11.7 Å². The van der Waals surface area contributed by atoms with Crippen LogP contribution in [0.25, 0.3) is 0 Å². The summed E-state index contributed by atoms with van der Waals surface area (Å²) >= 11 is 1.91. The van der Waals surface area contributed by atoms with Crippen LogP contribution in [-0.2, 0) is 4.43 Å². The first-order chi connectivity index (χ1) is 8.63. The molecule has 0 aromatic heterocycles. The lowest BCUT2D eigenvalue weighted by Crippen LogP contribution is -2.27. The summed E-state index contributed by atoms with van der Waals surface area (Å²) < 4.78 is 6.32. The molecule has 0 atom stereocenters. The van der Waals surface area contributed by atoms with Gasteiger partial charge in [0.1, 0.15) is 5.09 Å². The molecule has 1 aliphatic carbocycles. The molecule has 1 fully saturated rings. The molecule has 0 radical (unpaired) electrons. The minimum Gasteiger partial charge on any atom is -0.540 e. The Morgan fingerprint density at radius 2 is 1.74 bits per heavy atom. The largest absolute Gasteiger partial charge is 0.540 e. The summed E-state index contributed by atoms with van der Waals surface area (Å²) in [6.07, 6.45) is 5.16. The first-order valence-electron chi connectivity index (χ1n) is 7.67. The first kappa shape index (κ1) is 17.2. The molecule has 0 heterocycles. The zero-order valence-corrected chi connectivity index (χ0v) is 15.7. The quantitative estimate of drug-likeness (QED) is 0.462. The molecule has 0 aromatic rings. The molecule has 1 rings (SSSR count). The van der Waals surface area contributed by atoms with Gasteiger partial charge >= 0.3 is 0 Å². The highest BCUT2D eigenvalue weighted by Gasteiger charge is 2.29. The van der Waals surface area contributed by atoms with Gasteiger partial charge in [0, 0.05) is 0 Å². The Bertz CT molecular complexity index is 313. The molecule has 0 N–H and O–H groups in total. The standard InChI is InChI=1S/C16H32OSSi/c1-8-18-15(17-19(5,6)7)13-9-11-14(12-10-13)16(2,3)4/h14H,8-12H2,1-7H3. The van der Waals surface area contributed by atoms with Crippen LogP contribution in [0.1, 0.15) is 53.4 Å². The molecule has 19 heavy (non-hydrogen) atoms. The zero-order chi connectivity index (χ0) is 14.7. The predicted molar refractivity (Wildman–Crippen MR) is 91.0 cm³/mol. The van der Waals surface area contributed by atoms with Gasteiger partial charge in [0.2, 0.25) is 8.32 Å². The molecule has 0 aliphatic heterocycles. The normalized spacial score (nSPS) is 21.4. The SMILES string of the molecule is CCSC(O[Si](C)(C)C)=C1CCC(C(C)(C)C)CC1. The summed E-state index contributed by atoms with van der Waals surface area (Å²) in [5.74, 6) is 1.99. The van der Waals surface area contributed by atoms with Crippen LogP contribution in [0.15, 0.2) is 10.7 Å². The first-order valence-corrected chi connectivity index (χ1v) is 12.1. The predicted octanol–water partition coefficient (Wildman–Crippen LogP) is 6.04.